The van der Waals surface area contributed by atoms with Crippen LogP contribution in [0.3, 0.4) is 0 Å². The Bertz CT molecular complexity index is 1010. The molecule has 2 heterocycles. The molecule has 0 fully saturated rings. The lowest BCUT2D eigenvalue weighted by Crippen LogP contribution is -3.07. The van der Waals surface area contributed by atoms with Crippen LogP contribution in [0.5, 0.6) is 0 Å². The molecule has 0 aliphatic rings. The van der Waals surface area contributed by atoms with Crippen LogP contribution < -0.4 is 10.5 Å². The number of hydrogen-bond donors (Lipinski definition) is 1. The van der Waals surface area contributed by atoms with Crippen LogP contribution in [0.1, 0.15) is 22.4 Å². The number of hydrogen-bond acceptors (Lipinski definition) is 4. The number of para-hydroxylation sites is 1. The van der Waals surface area contributed by atoms with Gasteiger partial charge >= 0.3 is 0 Å². The Morgan fingerprint density at radius 3 is 2.65 bits per heavy atom. The van der Waals surface area contributed by atoms with E-state index in [1.54, 1.807) is 6.92 Å². The van der Waals surface area contributed by atoms with Gasteiger partial charge < -0.3 is 4.90 Å². The molecule has 0 radical (unpaired) electrons. The lowest BCUT2D eigenvalue weighted by atomic mass is 10.1. The van der Waals surface area contributed by atoms with Gasteiger partial charge in [-0.15, -0.1) is 0 Å². The van der Waals surface area contributed by atoms with Crippen LogP contribution in [-0.2, 0) is 13.2 Å². The van der Waals surface area contributed by atoms with Crippen LogP contribution in [0.4, 0.5) is 0 Å². The van der Waals surface area contributed by atoms with E-state index in [4.69, 9.17) is 0 Å². The molecular weight excluding hydrogens is 328 g/mol. The molecular formula is C19H21N6O+. The molecule has 3 aromatic rings. The van der Waals surface area contributed by atoms with E-state index in [0.717, 1.165) is 16.2 Å². The average Bonchev–Trinajstić information content (AvgIpc) is 3.09. The van der Waals surface area contributed by atoms with Crippen LogP contribution in [0.15, 0.2) is 47.5 Å². The molecule has 1 atom stereocenters. The van der Waals surface area contributed by atoms with Gasteiger partial charge in [-0.05, 0) is 31.5 Å². The van der Waals surface area contributed by atoms with Crippen molar-refractivity contribution < 1.29 is 4.90 Å². The van der Waals surface area contributed by atoms with Crippen LogP contribution in [-0.4, -0.2) is 26.6 Å². The Labute approximate surface area is 151 Å². The summed E-state index contributed by atoms with van der Waals surface area (Å²) in [5, 5.41) is 17.9. The summed E-state index contributed by atoms with van der Waals surface area (Å²) in [4.78, 5) is 13.5. The Morgan fingerprint density at radius 2 is 1.96 bits per heavy atom. The van der Waals surface area contributed by atoms with E-state index >= 15 is 0 Å². The SMILES string of the molecule is Cc1nn(C[NH+](C)Cc2cnn(-c3ccccc3)c2)c(=O)c(C#N)c1C. The fourth-order valence-corrected chi connectivity index (χ4v) is 2.84. The summed E-state index contributed by atoms with van der Waals surface area (Å²) in [6, 6.07) is 11.9. The maximum absolute atomic E-state index is 12.4. The predicted octanol–water partition coefficient (Wildman–Crippen LogP) is 0.590. The van der Waals surface area contributed by atoms with Crippen molar-refractivity contribution in [2.75, 3.05) is 7.05 Å². The van der Waals surface area contributed by atoms with Gasteiger partial charge in [0, 0.05) is 11.8 Å². The Morgan fingerprint density at radius 1 is 1.23 bits per heavy atom. The van der Waals surface area contributed by atoms with E-state index < -0.39 is 0 Å². The molecule has 0 amide bonds. The zero-order chi connectivity index (χ0) is 18.7. The van der Waals surface area contributed by atoms with Crippen molar-refractivity contribution in [3.8, 4) is 11.8 Å². The second-order valence-corrected chi connectivity index (χ2v) is 6.42. The number of benzene rings is 1. The molecule has 1 N–H and O–H groups in total. The summed E-state index contributed by atoms with van der Waals surface area (Å²) >= 11 is 0. The number of aryl methyl sites for hydroxylation is 1. The third-order valence-corrected chi connectivity index (χ3v) is 4.33. The molecule has 7 nitrogen and oxygen atoms in total. The van der Waals surface area contributed by atoms with Gasteiger partial charge in [0.25, 0.3) is 5.56 Å². The molecule has 0 saturated carbocycles. The fourth-order valence-electron chi connectivity index (χ4n) is 2.84. The van der Waals surface area contributed by atoms with Crippen LogP contribution >= 0.6 is 0 Å². The molecule has 2 aromatic heterocycles. The second kappa shape index (κ2) is 7.33. The van der Waals surface area contributed by atoms with Gasteiger partial charge in [-0.2, -0.15) is 20.1 Å². The van der Waals surface area contributed by atoms with Crippen molar-refractivity contribution in [3.05, 3.63) is 75.5 Å². The monoisotopic (exact) mass is 349 g/mol. The van der Waals surface area contributed by atoms with Crippen LogP contribution in [0.2, 0.25) is 0 Å². The number of nitriles is 1. The molecule has 0 bridgehead atoms. The zero-order valence-corrected chi connectivity index (χ0v) is 15.1. The number of aromatic nitrogens is 4. The van der Waals surface area contributed by atoms with Crippen molar-refractivity contribution in [1.29, 1.82) is 5.26 Å². The Hall–Kier alpha value is -3.24. The smallest absolute Gasteiger partial charge is 0.289 e. The van der Waals surface area contributed by atoms with E-state index in [1.807, 2.05) is 67.4 Å². The minimum Gasteiger partial charge on any atom is -0.315 e. The first kappa shape index (κ1) is 17.6. The first-order chi connectivity index (χ1) is 12.5. The molecule has 1 unspecified atom stereocenters. The standard InChI is InChI=1S/C19H20N6O/c1-14-15(2)22-25(19(26)18(14)9-20)13-23(3)11-16-10-21-24(12-16)17-7-5-4-6-8-17/h4-8,10,12H,11,13H2,1-3H3/p+1. The summed E-state index contributed by atoms with van der Waals surface area (Å²) in [6.07, 6.45) is 3.81. The number of nitrogens with zero attached hydrogens (tertiary/aromatic N) is 5. The quantitative estimate of drug-likeness (QED) is 0.731. The molecule has 0 aliphatic carbocycles. The largest absolute Gasteiger partial charge is 0.315 e. The predicted molar refractivity (Wildman–Crippen MR) is 96.8 cm³/mol. The van der Waals surface area contributed by atoms with Gasteiger partial charge in [-0.3, -0.25) is 4.79 Å². The van der Waals surface area contributed by atoms with Gasteiger partial charge in [-0.25, -0.2) is 4.68 Å². The molecule has 0 aliphatic heterocycles. The zero-order valence-electron chi connectivity index (χ0n) is 15.1. The van der Waals surface area contributed by atoms with Gasteiger partial charge in [0.05, 0.1) is 24.6 Å². The topological polar surface area (TPSA) is 80.9 Å². The van der Waals surface area contributed by atoms with Gasteiger partial charge in [-0.1, -0.05) is 18.2 Å². The van der Waals surface area contributed by atoms with E-state index in [2.05, 4.69) is 10.2 Å². The summed E-state index contributed by atoms with van der Waals surface area (Å²) < 4.78 is 3.20. The first-order valence-corrected chi connectivity index (χ1v) is 8.38. The average molecular weight is 349 g/mol. The number of nitrogens with one attached hydrogen (secondary N) is 1. The molecule has 132 valence electrons. The van der Waals surface area contributed by atoms with Gasteiger partial charge in [0.1, 0.15) is 18.2 Å². The highest BCUT2D eigenvalue weighted by Gasteiger charge is 2.15. The van der Waals surface area contributed by atoms with E-state index in [1.165, 1.54) is 4.68 Å². The normalized spacial score (nSPS) is 11.9. The van der Waals surface area contributed by atoms with E-state index in [-0.39, 0.29) is 11.1 Å². The van der Waals surface area contributed by atoms with Crippen molar-refractivity contribution in [2.24, 2.45) is 0 Å². The van der Waals surface area contributed by atoms with Crippen molar-refractivity contribution in [2.45, 2.75) is 27.1 Å². The maximum atomic E-state index is 12.4. The third kappa shape index (κ3) is 3.55. The van der Waals surface area contributed by atoms with Crippen molar-refractivity contribution in [3.63, 3.8) is 0 Å². The fraction of sp³-hybridized carbons (Fsp3) is 0.263. The molecule has 26 heavy (non-hydrogen) atoms. The summed E-state index contributed by atoms with van der Waals surface area (Å²) in [5.74, 6) is 0. The molecule has 7 heteroatoms. The van der Waals surface area contributed by atoms with Crippen LogP contribution in [0, 0.1) is 25.2 Å². The minimum atomic E-state index is -0.338. The molecule has 1 aromatic carbocycles. The Balaban J connectivity index is 1.75. The van der Waals surface area contributed by atoms with E-state index in [0.29, 0.717) is 24.5 Å². The lowest BCUT2D eigenvalue weighted by Gasteiger charge is -2.15. The second-order valence-electron chi connectivity index (χ2n) is 6.42. The van der Waals surface area contributed by atoms with E-state index in [9.17, 15) is 10.1 Å². The lowest BCUT2D eigenvalue weighted by molar-refractivity contribution is -0.917. The highest BCUT2D eigenvalue weighted by Crippen LogP contribution is 2.07. The summed E-state index contributed by atoms with van der Waals surface area (Å²) in [6.45, 7) is 4.63. The van der Waals surface area contributed by atoms with Crippen molar-refractivity contribution in [1.82, 2.24) is 19.6 Å². The molecule has 3 rings (SSSR count). The Kier molecular flexibility index (Phi) is 4.96. The summed E-state index contributed by atoms with van der Waals surface area (Å²) in [5.41, 5.74) is 3.24. The molecule has 0 saturated heterocycles. The van der Waals surface area contributed by atoms with Gasteiger partial charge in [0.2, 0.25) is 0 Å². The third-order valence-electron chi connectivity index (χ3n) is 4.33. The van der Waals surface area contributed by atoms with Crippen LogP contribution in [0.25, 0.3) is 5.69 Å². The maximum Gasteiger partial charge on any atom is 0.289 e. The minimum absolute atomic E-state index is 0.169. The highest BCUT2D eigenvalue weighted by atomic mass is 16.1. The number of quaternary nitrogens is 1. The molecule has 0 spiro atoms. The first-order valence-electron chi connectivity index (χ1n) is 8.38. The number of rotatable bonds is 5. The van der Waals surface area contributed by atoms with Gasteiger partial charge in [0.15, 0.2) is 6.67 Å². The van der Waals surface area contributed by atoms with Crippen molar-refractivity contribution >= 4 is 0 Å². The highest BCUT2D eigenvalue weighted by molar-refractivity contribution is 5.36. The summed E-state index contributed by atoms with van der Waals surface area (Å²) in [7, 11) is 1.98.